The first-order valence-electron chi connectivity index (χ1n) is 5.78. The van der Waals surface area contributed by atoms with E-state index in [4.69, 9.17) is 4.74 Å². The first-order valence-corrected chi connectivity index (χ1v) is 5.78. The van der Waals surface area contributed by atoms with E-state index >= 15 is 0 Å². The number of nitrogens with zero attached hydrogens (tertiary/aromatic N) is 2. The van der Waals surface area contributed by atoms with E-state index in [0.717, 1.165) is 0 Å². The van der Waals surface area contributed by atoms with Crippen molar-refractivity contribution < 1.29 is 9.53 Å². The summed E-state index contributed by atoms with van der Waals surface area (Å²) in [5.41, 5.74) is 1.28. The van der Waals surface area contributed by atoms with Crippen molar-refractivity contribution in [3.63, 3.8) is 0 Å². The normalized spacial score (nSPS) is 10.3. The maximum atomic E-state index is 11.8. The van der Waals surface area contributed by atoms with E-state index in [9.17, 15) is 4.79 Å². The van der Waals surface area contributed by atoms with Gasteiger partial charge in [-0.05, 0) is 24.3 Å². The van der Waals surface area contributed by atoms with Crippen molar-refractivity contribution in [2.45, 2.75) is 0 Å². The van der Waals surface area contributed by atoms with Crippen LogP contribution in [0.15, 0.2) is 61.1 Å². The van der Waals surface area contributed by atoms with E-state index in [1.54, 1.807) is 36.5 Å². The topological polar surface area (TPSA) is 55.6 Å². The fraction of sp³-hybridized carbons (Fsp3) is 0. The summed E-state index contributed by atoms with van der Waals surface area (Å²) >= 11 is 0. The Balaban J connectivity index is 1.78. The van der Waals surface area contributed by atoms with Crippen molar-refractivity contribution in [2.75, 3.05) is 5.32 Å². The number of carbonyl (C=O) groups is 1. The number of ether oxygens (including phenoxy) is 1. The molecule has 0 atom stereocenters. The molecular formula is C14H11N3O2. The van der Waals surface area contributed by atoms with E-state index in [1.807, 2.05) is 28.9 Å². The maximum absolute atomic E-state index is 11.8. The standard InChI is InChI=1S/C14H11N3O2/c18-14(19-11-5-2-1-3-6-11)16-12-7-4-9-17-10-8-15-13(12)17/h1-10H,(H,16,18). The third kappa shape index (κ3) is 2.40. The summed E-state index contributed by atoms with van der Waals surface area (Å²) in [4.78, 5) is 15.9. The van der Waals surface area contributed by atoms with Gasteiger partial charge in [-0.15, -0.1) is 0 Å². The zero-order valence-electron chi connectivity index (χ0n) is 9.98. The summed E-state index contributed by atoms with van der Waals surface area (Å²) in [6.07, 6.45) is 4.80. The Morgan fingerprint density at radius 3 is 2.79 bits per heavy atom. The Labute approximate surface area is 109 Å². The highest BCUT2D eigenvalue weighted by Gasteiger charge is 2.08. The average molecular weight is 253 g/mol. The van der Waals surface area contributed by atoms with Crippen LogP contribution < -0.4 is 10.1 Å². The predicted octanol–water partition coefficient (Wildman–Crippen LogP) is 2.95. The lowest BCUT2D eigenvalue weighted by Crippen LogP contribution is -2.17. The van der Waals surface area contributed by atoms with E-state index in [-0.39, 0.29) is 0 Å². The van der Waals surface area contributed by atoms with Gasteiger partial charge < -0.3 is 9.14 Å². The second-order valence-electron chi connectivity index (χ2n) is 3.91. The predicted molar refractivity (Wildman–Crippen MR) is 71.3 cm³/mol. The Morgan fingerprint density at radius 1 is 1.11 bits per heavy atom. The number of nitrogens with one attached hydrogen (secondary N) is 1. The Morgan fingerprint density at radius 2 is 1.95 bits per heavy atom. The highest BCUT2D eigenvalue weighted by molar-refractivity contribution is 5.90. The van der Waals surface area contributed by atoms with Gasteiger partial charge in [0.2, 0.25) is 0 Å². The van der Waals surface area contributed by atoms with Crippen molar-refractivity contribution >= 4 is 17.4 Å². The summed E-state index contributed by atoms with van der Waals surface area (Å²) in [6, 6.07) is 12.5. The molecule has 2 heterocycles. The van der Waals surface area contributed by atoms with Crippen LogP contribution in [0.4, 0.5) is 10.5 Å². The molecule has 0 aliphatic rings. The number of amides is 1. The molecule has 3 rings (SSSR count). The van der Waals surface area contributed by atoms with Gasteiger partial charge in [-0.2, -0.15) is 0 Å². The van der Waals surface area contributed by atoms with E-state index < -0.39 is 6.09 Å². The molecular weight excluding hydrogens is 242 g/mol. The van der Waals surface area contributed by atoms with Gasteiger partial charge in [0.1, 0.15) is 5.75 Å². The van der Waals surface area contributed by atoms with Crippen LogP contribution in [0.5, 0.6) is 5.75 Å². The molecule has 0 unspecified atom stereocenters. The van der Waals surface area contributed by atoms with Gasteiger partial charge in [0.25, 0.3) is 0 Å². The van der Waals surface area contributed by atoms with E-state index in [2.05, 4.69) is 10.3 Å². The molecule has 0 radical (unpaired) electrons. The lowest BCUT2D eigenvalue weighted by atomic mass is 10.3. The Kier molecular flexibility index (Phi) is 2.86. The molecule has 0 fully saturated rings. The summed E-state index contributed by atoms with van der Waals surface area (Å²) < 4.78 is 6.97. The second-order valence-corrected chi connectivity index (χ2v) is 3.91. The summed E-state index contributed by atoms with van der Waals surface area (Å²) in [5.74, 6) is 0.496. The molecule has 0 bridgehead atoms. The van der Waals surface area contributed by atoms with Crippen LogP contribution in [-0.4, -0.2) is 15.5 Å². The molecule has 0 saturated heterocycles. The smallest absolute Gasteiger partial charge is 0.410 e. The quantitative estimate of drug-likeness (QED) is 0.764. The zero-order chi connectivity index (χ0) is 13.1. The molecule has 1 amide bonds. The number of carbonyl (C=O) groups excluding carboxylic acids is 1. The largest absolute Gasteiger partial charge is 0.417 e. The van der Waals surface area contributed by atoms with Crippen LogP contribution in [0.3, 0.4) is 0 Å². The lowest BCUT2D eigenvalue weighted by molar-refractivity contribution is 0.215. The molecule has 5 heteroatoms. The third-order valence-electron chi connectivity index (χ3n) is 2.61. The maximum Gasteiger partial charge on any atom is 0.417 e. The number of hydrogen-bond acceptors (Lipinski definition) is 3. The molecule has 19 heavy (non-hydrogen) atoms. The fourth-order valence-electron chi connectivity index (χ4n) is 1.78. The molecule has 2 aromatic heterocycles. The van der Waals surface area contributed by atoms with Crippen LogP contribution in [0, 0.1) is 0 Å². The number of anilines is 1. The van der Waals surface area contributed by atoms with Crippen LogP contribution in [0.1, 0.15) is 0 Å². The zero-order valence-corrected chi connectivity index (χ0v) is 9.98. The van der Waals surface area contributed by atoms with Gasteiger partial charge in [-0.1, -0.05) is 18.2 Å². The van der Waals surface area contributed by atoms with Crippen molar-refractivity contribution in [3.8, 4) is 5.75 Å². The number of hydrogen-bond donors (Lipinski definition) is 1. The summed E-state index contributed by atoms with van der Waals surface area (Å²) in [5, 5.41) is 2.68. The second kappa shape index (κ2) is 4.81. The van der Waals surface area contributed by atoms with Crippen LogP contribution in [0.25, 0.3) is 5.65 Å². The number of fused-ring (bicyclic) bond motifs is 1. The highest BCUT2D eigenvalue weighted by Crippen LogP contribution is 2.15. The van der Waals surface area contributed by atoms with Crippen molar-refractivity contribution in [1.29, 1.82) is 0 Å². The first kappa shape index (κ1) is 11.3. The van der Waals surface area contributed by atoms with E-state index in [0.29, 0.717) is 17.1 Å². The molecule has 1 N–H and O–H groups in total. The number of pyridine rings is 1. The van der Waals surface area contributed by atoms with Gasteiger partial charge >= 0.3 is 6.09 Å². The molecule has 0 saturated carbocycles. The van der Waals surface area contributed by atoms with Crippen molar-refractivity contribution in [1.82, 2.24) is 9.38 Å². The number of imidazole rings is 1. The van der Waals surface area contributed by atoms with Gasteiger partial charge in [-0.25, -0.2) is 9.78 Å². The Hall–Kier alpha value is -2.82. The van der Waals surface area contributed by atoms with Crippen LogP contribution >= 0.6 is 0 Å². The summed E-state index contributed by atoms with van der Waals surface area (Å²) in [6.45, 7) is 0. The van der Waals surface area contributed by atoms with Gasteiger partial charge in [0.15, 0.2) is 5.65 Å². The van der Waals surface area contributed by atoms with Crippen LogP contribution in [-0.2, 0) is 0 Å². The minimum atomic E-state index is -0.540. The fourth-order valence-corrected chi connectivity index (χ4v) is 1.78. The van der Waals surface area contributed by atoms with E-state index in [1.165, 1.54) is 0 Å². The molecule has 0 aliphatic heterocycles. The third-order valence-corrected chi connectivity index (χ3v) is 2.61. The first-order chi connectivity index (χ1) is 9.33. The molecule has 0 spiro atoms. The Bertz CT molecular complexity index is 707. The lowest BCUT2D eigenvalue weighted by Gasteiger charge is -2.07. The average Bonchev–Trinajstić information content (AvgIpc) is 2.89. The van der Waals surface area contributed by atoms with Crippen LogP contribution in [0.2, 0.25) is 0 Å². The van der Waals surface area contributed by atoms with Gasteiger partial charge in [0.05, 0.1) is 5.69 Å². The number of aromatic nitrogens is 2. The van der Waals surface area contributed by atoms with Gasteiger partial charge in [-0.3, -0.25) is 5.32 Å². The molecule has 3 aromatic rings. The molecule has 5 nitrogen and oxygen atoms in total. The minimum Gasteiger partial charge on any atom is -0.410 e. The highest BCUT2D eigenvalue weighted by atomic mass is 16.6. The van der Waals surface area contributed by atoms with Crippen molar-refractivity contribution in [2.24, 2.45) is 0 Å². The minimum absolute atomic E-state index is 0.496. The monoisotopic (exact) mass is 253 g/mol. The number of para-hydroxylation sites is 1. The van der Waals surface area contributed by atoms with Gasteiger partial charge in [0, 0.05) is 18.6 Å². The van der Waals surface area contributed by atoms with Crippen molar-refractivity contribution in [3.05, 3.63) is 61.1 Å². The summed E-state index contributed by atoms with van der Waals surface area (Å²) in [7, 11) is 0. The number of benzene rings is 1. The SMILES string of the molecule is O=C(Nc1cccn2ccnc12)Oc1ccccc1. The number of rotatable bonds is 2. The molecule has 0 aliphatic carbocycles. The molecule has 94 valence electrons. The molecule has 1 aromatic carbocycles.